The monoisotopic (exact) mass is 397 g/mol. The van der Waals surface area contributed by atoms with E-state index in [2.05, 4.69) is 33.5 Å². The number of rotatable bonds is 5. The van der Waals surface area contributed by atoms with Crippen LogP contribution in [0.15, 0.2) is 77.6 Å². The molecule has 3 aromatic carbocycles. The van der Waals surface area contributed by atoms with Crippen molar-refractivity contribution >= 4 is 16.7 Å². The fourth-order valence-electron chi connectivity index (χ4n) is 3.82. The molecule has 0 saturated carbocycles. The summed E-state index contributed by atoms with van der Waals surface area (Å²) in [5.74, 6) is 0.315. The van der Waals surface area contributed by atoms with Crippen molar-refractivity contribution < 1.29 is 4.79 Å². The maximum absolute atomic E-state index is 13.0. The van der Waals surface area contributed by atoms with E-state index < -0.39 is 0 Å². The van der Waals surface area contributed by atoms with E-state index in [1.54, 1.807) is 13.8 Å². The Hall–Kier alpha value is -3.73. The van der Waals surface area contributed by atoms with Crippen molar-refractivity contribution in [2.75, 3.05) is 0 Å². The molecule has 30 heavy (non-hydrogen) atoms. The molecule has 4 rings (SSSR count). The fraction of sp³-hybridized carbons (Fsp3) is 0.160. The molecule has 4 aromatic rings. The van der Waals surface area contributed by atoms with Gasteiger partial charge in [-0.1, -0.05) is 72.8 Å². The normalized spacial score (nSPS) is 11.9. The van der Waals surface area contributed by atoms with Crippen LogP contribution in [0.25, 0.3) is 10.8 Å². The minimum Gasteiger partial charge on any atom is -0.345 e. The highest BCUT2D eigenvalue weighted by atomic mass is 16.2. The molecule has 0 unspecified atom stereocenters. The lowest BCUT2D eigenvalue weighted by Crippen LogP contribution is -2.33. The molecule has 0 aliphatic carbocycles. The molecule has 0 bridgehead atoms. The molecule has 0 fully saturated rings. The lowest BCUT2D eigenvalue weighted by Gasteiger charge is -2.22. The maximum atomic E-state index is 13.0. The van der Waals surface area contributed by atoms with Crippen LogP contribution in [0.1, 0.15) is 34.3 Å². The molecule has 1 atom stereocenters. The van der Waals surface area contributed by atoms with E-state index in [0.717, 1.165) is 21.9 Å². The Morgan fingerprint density at radius 3 is 2.43 bits per heavy atom. The van der Waals surface area contributed by atoms with Gasteiger partial charge in [-0.2, -0.15) is 0 Å². The molecular weight excluding hydrogens is 374 g/mol. The average Bonchev–Trinajstić information content (AvgIpc) is 2.75. The van der Waals surface area contributed by atoms with Gasteiger partial charge >= 0.3 is 0 Å². The number of benzene rings is 3. The summed E-state index contributed by atoms with van der Waals surface area (Å²) >= 11 is 0. The summed E-state index contributed by atoms with van der Waals surface area (Å²) in [6.07, 6.45) is -0.0253. The Balaban J connectivity index is 1.71. The second kappa shape index (κ2) is 8.33. The first kappa shape index (κ1) is 19.6. The van der Waals surface area contributed by atoms with E-state index in [9.17, 15) is 9.59 Å². The van der Waals surface area contributed by atoms with Crippen LogP contribution in [0.4, 0.5) is 0 Å². The quantitative estimate of drug-likeness (QED) is 0.535. The van der Waals surface area contributed by atoms with Crippen molar-refractivity contribution in [2.45, 2.75) is 26.3 Å². The Morgan fingerprint density at radius 2 is 1.67 bits per heavy atom. The van der Waals surface area contributed by atoms with E-state index in [0.29, 0.717) is 17.1 Å². The van der Waals surface area contributed by atoms with Crippen LogP contribution in [-0.4, -0.2) is 15.9 Å². The molecule has 0 saturated heterocycles. The highest BCUT2D eigenvalue weighted by Crippen LogP contribution is 2.29. The molecule has 0 spiro atoms. The van der Waals surface area contributed by atoms with Gasteiger partial charge in [-0.25, -0.2) is 4.98 Å². The third kappa shape index (κ3) is 4.01. The van der Waals surface area contributed by atoms with Crippen LogP contribution in [0.3, 0.4) is 0 Å². The van der Waals surface area contributed by atoms with Crippen molar-refractivity contribution in [1.29, 1.82) is 0 Å². The number of H-pyrrole nitrogens is 1. The second-order valence-electron chi connectivity index (χ2n) is 7.37. The number of hydrogen-bond donors (Lipinski definition) is 2. The first-order valence-corrected chi connectivity index (χ1v) is 9.91. The number of nitrogens with one attached hydrogen (secondary N) is 2. The predicted molar refractivity (Wildman–Crippen MR) is 118 cm³/mol. The summed E-state index contributed by atoms with van der Waals surface area (Å²) in [5.41, 5.74) is 2.70. The molecule has 0 aliphatic heterocycles. The van der Waals surface area contributed by atoms with E-state index in [4.69, 9.17) is 0 Å². The third-order valence-electron chi connectivity index (χ3n) is 5.25. The zero-order chi connectivity index (χ0) is 21.1. The summed E-state index contributed by atoms with van der Waals surface area (Å²) in [6, 6.07) is 23.7. The largest absolute Gasteiger partial charge is 0.345 e. The van der Waals surface area contributed by atoms with Crippen molar-refractivity contribution in [3.8, 4) is 0 Å². The van der Waals surface area contributed by atoms with Crippen LogP contribution in [-0.2, 0) is 11.2 Å². The number of carbonyl (C=O) groups excluding carboxylic acids is 1. The Labute approximate surface area is 174 Å². The lowest BCUT2D eigenvalue weighted by atomic mass is 9.93. The SMILES string of the molecule is Cc1nc(C)c(CC(=O)N[C@H](c2ccccc2)c2cccc3ccccc23)c(=O)[nH]1. The van der Waals surface area contributed by atoms with Crippen molar-refractivity contribution in [3.05, 3.63) is 111 Å². The number of aromatic nitrogens is 2. The number of hydrogen-bond acceptors (Lipinski definition) is 3. The Morgan fingerprint density at radius 1 is 0.967 bits per heavy atom. The maximum Gasteiger partial charge on any atom is 0.254 e. The summed E-state index contributed by atoms with van der Waals surface area (Å²) in [6.45, 7) is 3.48. The molecule has 2 N–H and O–H groups in total. The van der Waals surface area contributed by atoms with Gasteiger partial charge in [-0.05, 0) is 35.7 Å². The van der Waals surface area contributed by atoms with Crippen LogP contribution in [0, 0.1) is 13.8 Å². The van der Waals surface area contributed by atoms with Gasteiger partial charge in [-0.3, -0.25) is 9.59 Å². The summed E-state index contributed by atoms with van der Waals surface area (Å²) in [7, 11) is 0. The summed E-state index contributed by atoms with van der Waals surface area (Å²) in [5, 5.41) is 5.33. The van der Waals surface area contributed by atoms with E-state index >= 15 is 0 Å². The lowest BCUT2D eigenvalue weighted by molar-refractivity contribution is -0.121. The molecular formula is C25H23N3O2. The van der Waals surface area contributed by atoms with Crippen LogP contribution in [0.2, 0.25) is 0 Å². The molecule has 1 amide bonds. The number of aromatic amines is 1. The minimum absolute atomic E-state index is 0.0253. The van der Waals surface area contributed by atoms with Crippen molar-refractivity contribution in [3.63, 3.8) is 0 Å². The highest BCUT2D eigenvalue weighted by molar-refractivity contribution is 5.87. The van der Waals surface area contributed by atoms with Gasteiger partial charge in [0.25, 0.3) is 5.56 Å². The Bertz CT molecular complexity index is 1260. The van der Waals surface area contributed by atoms with Gasteiger partial charge in [0.2, 0.25) is 5.91 Å². The summed E-state index contributed by atoms with van der Waals surface area (Å²) < 4.78 is 0. The molecule has 1 aromatic heterocycles. The predicted octanol–water partition coefficient (Wildman–Crippen LogP) is 3.99. The second-order valence-corrected chi connectivity index (χ2v) is 7.37. The van der Waals surface area contributed by atoms with Gasteiger partial charge in [-0.15, -0.1) is 0 Å². The zero-order valence-corrected chi connectivity index (χ0v) is 17.0. The number of nitrogens with zero attached hydrogens (tertiary/aromatic N) is 1. The molecule has 0 aliphatic rings. The van der Waals surface area contributed by atoms with Crippen LogP contribution < -0.4 is 10.9 Å². The van der Waals surface area contributed by atoms with Gasteiger partial charge in [0.1, 0.15) is 5.82 Å². The van der Waals surface area contributed by atoms with Gasteiger partial charge in [0.15, 0.2) is 0 Å². The van der Waals surface area contributed by atoms with Gasteiger partial charge in [0.05, 0.1) is 12.5 Å². The van der Waals surface area contributed by atoms with E-state index in [1.807, 2.05) is 54.6 Å². The highest BCUT2D eigenvalue weighted by Gasteiger charge is 2.20. The van der Waals surface area contributed by atoms with Gasteiger partial charge in [0, 0.05) is 11.3 Å². The standard InChI is InChI=1S/C25H23N3O2/c1-16-22(25(30)27-17(2)26-16)15-23(29)28-24(19-10-4-3-5-11-19)21-14-8-12-18-9-6-7-13-20(18)21/h3-14,24H,15H2,1-2H3,(H,28,29)(H,26,27,30)/t24-/m1/s1. The molecule has 1 heterocycles. The first-order chi connectivity index (χ1) is 14.5. The van der Waals surface area contributed by atoms with Crippen LogP contribution >= 0.6 is 0 Å². The number of amides is 1. The first-order valence-electron chi connectivity index (χ1n) is 9.91. The number of aryl methyl sites for hydroxylation is 2. The topological polar surface area (TPSA) is 74.8 Å². The fourth-order valence-corrected chi connectivity index (χ4v) is 3.82. The molecule has 5 heteroatoms. The third-order valence-corrected chi connectivity index (χ3v) is 5.25. The zero-order valence-electron chi connectivity index (χ0n) is 17.0. The average molecular weight is 397 g/mol. The molecule has 0 radical (unpaired) electrons. The minimum atomic E-state index is -0.331. The molecule has 5 nitrogen and oxygen atoms in total. The smallest absolute Gasteiger partial charge is 0.254 e. The van der Waals surface area contributed by atoms with Crippen LogP contribution in [0.5, 0.6) is 0 Å². The Kier molecular flexibility index (Phi) is 5.44. The number of carbonyl (C=O) groups is 1. The summed E-state index contributed by atoms with van der Waals surface area (Å²) in [4.78, 5) is 32.3. The van der Waals surface area contributed by atoms with E-state index in [-0.39, 0.29) is 23.9 Å². The van der Waals surface area contributed by atoms with E-state index in [1.165, 1.54) is 0 Å². The van der Waals surface area contributed by atoms with Crippen molar-refractivity contribution in [1.82, 2.24) is 15.3 Å². The van der Waals surface area contributed by atoms with Crippen molar-refractivity contribution in [2.24, 2.45) is 0 Å². The number of fused-ring (bicyclic) bond motifs is 1. The van der Waals surface area contributed by atoms with Gasteiger partial charge < -0.3 is 10.3 Å². The molecule has 150 valence electrons.